The Hall–Kier alpha value is -1.13. The Morgan fingerprint density at radius 3 is 1.93 bits per heavy atom. The number of para-hydroxylation sites is 1. The van der Waals surface area contributed by atoms with Crippen LogP contribution >= 0.6 is 7.82 Å². The van der Waals surface area contributed by atoms with Crippen molar-refractivity contribution in [1.82, 2.24) is 6.15 Å². The van der Waals surface area contributed by atoms with Crippen LogP contribution < -0.4 is 10.7 Å². The van der Waals surface area contributed by atoms with Crippen LogP contribution in [0.1, 0.15) is 0 Å². The third-order valence-corrected chi connectivity index (χ3v) is 1.42. The van der Waals surface area contributed by atoms with E-state index in [2.05, 4.69) is 17.7 Å². The predicted molar refractivity (Wildman–Crippen MR) is 55.4 cm³/mol. The van der Waals surface area contributed by atoms with E-state index in [9.17, 15) is 4.57 Å². The van der Waals surface area contributed by atoms with E-state index >= 15 is 0 Å². The summed E-state index contributed by atoms with van der Waals surface area (Å²) in [6.45, 7) is 6.00. The maximum Gasteiger partial charge on any atom is 0.524 e. The number of hydrogen-bond acceptors (Lipinski definition) is 3. The van der Waals surface area contributed by atoms with Gasteiger partial charge in [-0.1, -0.05) is 18.2 Å². The summed E-state index contributed by atoms with van der Waals surface area (Å²) in [7, 11) is -4.39. The molecule has 0 spiro atoms. The molecule has 14 heavy (non-hydrogen) atoms. The molecule has 0 aliphatic heterocycles. The highest BCUT2D eigenvalue weighted by Gasteiger charge is 2.14. The fourth-order valence-electron chi connectivity index (χ4n) is 0.619. The van der Waals surface area contributed by atoms with Gasteiger partial charge in [0.2, 0.25) is 0 Å². The molecule has 1 rings (SSSR count). The molecule has 0 aromatic heterocycles. The fraction of sp³-hybridized carbons (Fsp3) is 0. The summed E-state index contributed by atoms with van der Waals surface area (Å²) in [5.74, 6) is 0.167. The second kappa shape index (κ2) is 7.29. The SMILES string of the molecule is C=C.N.O=P(O)(O)Oc1ccccc1. The molecule has 0 saturated carbocycles. The molecular formula is C8H14NO4P. The summed E-state index contributed by atoms with van der Waals surface area (Å²) in [6, 6.07) is 7.93. The quantitative estimate of drug-likeness (QED) is 0.522. The standard InChI is InChI=1S/C6H7O4P.C2H4.H3N/c7-11(8,9)10-6-4-2-1-3-5-6;1-2;/h1-5H,(H2,7,8,9);1-2H2;1H3. The molecule has 5 nitrogen and oxygen atoms in total. The number of phosphoric acid groups is 1. The van der Waals surface area contributed by atoms with Crippen LogP contribution in [-0.2, 0) is 4.57 Å². The maximum atomic E-state index is 10.3. The number of hydrogen-bond donors (Lipinski definition) is 3. The summed E-state index contributed by atoms with van der Waals surface area (Å²) in [6.07, 6.45) is 0. The van der Waals surface area contributed by atoms with Crippen LogP contribution in [0.25, 0.3) is 0 Å². The zero-order valence-electron chi connectivity index (χ0n) is 7.67. The first kappa shape index (κ1) is 15.3. The van der Waals surface area contributed by atoms with Gasteiger partial charge in [0.05, 0.1) is 0 Å². The molecule has 1 aromatic rings. The summed E-state index contributed by atoms with van der Waals surface area (Å²) >= 11 is 0. The summed E-state index contributed by atoms with van der Waals surface area (Å²) in [4.78, 5) is 16.7. The highest BCUT2D eigenvalue weighted by atomic mass is 31.2. The molecule has 0 aliphatic carbocycles. The average molecular weight is 219 g/mol. The minimum Gasteiger partial charge on any atom is -0.404 e. The molecule has 5 N–H and O–H groups in total. The molecule has 80 valence electrons. The molecule has 0 atom stereocenters. The largest absolute Gasteiger partial charge is 0.524 e. The fourth-order valence-corrected chi connectivity index (χ4v) is 1.02. The molecule has 0 radical (unpaired) electrons. The van der Waals surface area contributed by atoms with Gasteiger partial charge in [-0.05, 0) is 12.1 Å². The Morgan fingerprint density at radius 2 is 1.57 bits per heavy atom. The van der Waals surface area contributed by atoms with Gasteiger partial charge in [-0.2, -0.15) is 0 Å². The van der Waals surface area contributed by atoms with Gasteiger partial charge in [0.1, 0.15) is 5.75 Å². The first-order valence-corrected chi connectivity index (χ1v) is 4.91. The lowest BCUT2D eigenvalue weighted by Gasteiger charge is -2.04. The van der Waals surface area contributed by atoms with E-state index in [0.717, 1.165) is 0 Å². The number of rotatable bonds is 2. The topological polar surface area (TPSA) is 102 Å². The highest BCUT2D eigenvalue weighted by Crippen LogP contribution is 2.36. The van der Waals surface area contributed by atoms with Crippen molar-refractivity contribution < 1.29 is 18.9 Å². The van der Waals surface area contributed by atoms with Crippen molar-refractivity contribution in [1.29, 1.82) is 0 Å². The molecular weight excluding hydrogens is 205 g/mol. The van der Waals surface area contributed by atoms with Gasteiger partial charge in [0.15, 0.2) is 0 Å². The van der Waals surface area contributed by atoms with Crippen molar-refractivity contribution in [2.24, 2.45) is 0 Å². The Balaban J connectivity index is 0. The molecule has 0 bridgehead atoms. The summed E-state index contributed by atoms with van der Waals surface area (Å²) < 4.78 is 14.5. The van der Waals surface area contributed by atoms with Crippen molar-refractivity contribution in [3.05, 3.63) is 43.5 Å². The van der Waals surface area contributed by atoms with Crippen molar-refractivity contribution >= 4 is 7.82 Å². The van der Waals surface area contributed by atoms with Gasteiger partial charge in [-0.15, -0.1) is 13.2 Å². The normalized spacial score (nSPS) is 9.00. The van der Waals surface area contributed by atoms with Gasteiger partial charge in [-0.25, -0.2) is 4.57 Å². The van der Waals surface area contributed by atoms with Crippen LogP contribution in [0.2, 0.25) is 0 Å². The Morgan fingerprint density at radius 1 is 1.14 bits per heavy atom. The van der Waals surface area contributed by atoms with E-state index in [-0.39, 0.29) is 11.9 Å². The van der Waals surface area contributed by atoms with E-state index < -0.39 is 7.82 Å². The van der Waals surface area contributed by atoms with Crippen LogP contribution in [0.3, 0.4) is 0 Å². The van der Waals surface area contributed by atoms with E-state index in [4.69, 9.17) is 9.79 Å². The second-order valence-corrected chi connectivity index (χ2v) is 3.06. The summed E-state index contributed by atoms with van der Waals surface area (Å²) in [5, 5.41) is 0. The minimum absolute atomic E-state index is 0. The Bertz CT molecular complexity index is 285. The number of phosphoric ester groups is 1. The lowest BCUT2D eigenvalue weighted by Crippen LogP contribution is -1.88. The Labute approximate surface area is 82.9 Å². The van der Waals surface area contributed by atoms with Crippen LogP contribution in [-0.4, -0.2) is 9.79 Å². The molecule has 1 aromatic carbocycles. The van der Waals surface area contributed by atoms with Gasteiger partial charge >= 0.3 is 7.82 Å². The van der Waals surface area contributed by atoms with Crippen molar-refractivity contribution in [2.45, 2.75) is 0 Å². The molecule has 0 fully saturated rings. The van der Waals surface area contributed by atoms with Gasteiger partial charge in [0.25, 0.3) is 0 Å². The zero-order valence-corrected chi connectivity index (χ0v) is 8.56. The number of benzene rings is 1. The van der Waals surface area contributed by atoms with E-state index in [1.54, 1.807) is 18.2 Å². The smallest absolute Gasteiger partial charge is 0.404 e. The molecule has 0 aliphatic rings. The van der Waals surface area contributed by atoms with Gasteiger partial charge in [0, 0.05) is 0 Å². The molecule has 6 heteroatoms. The van der Waals surface area contributed by atoms with Crippen molar-refractivity contribution in [2.75, 3.05) is 0 Å². The van der Waals surface area contributed by atoms with Gasteiger partial charge < -0.3 is 10.7 Å². The zero-order chi connectivity index (χ0) is 10.3. The maximum absolute atomic E-state index is 10.3. The van der Waals surface area contributed by atoms with Crippen LogP contribution in [0.15, 0.2) is 43.5 Å². The molecule has 0 unspecified atom stereocenters. The van der Waals surface area contributed by atoms with E-state index in [0.29, 0.717) is 0 Å². The molecule has 0 amide bonds. The summed E-state index contributed by atoms with van der Waals surface area (Å²) in [5.41, 5.74) is 0. The molecule has 0 heterocycles. The third-order valence-electron chi connectivity index (χ3n) is 0.968. The minimum atomic E-state index is -4.39. The predicted octanol–water partition coefficient (Wildman–Crippen LogP) is 2.12. The first-order valence-electron chi connectivity index (χ1n) is 3.38. The third kappa shape index (κ3) is 7.52. The average Bonchev–Trinajstić information content (AvgIpc) is 2.07. The lowest BCUT2D eigenvalue weighted by molar-refractivity contribution is 0.283. The van der Waals surface area contributed by atoms with Crippen LogP contribution in [0.5, 0.6) is 5.75 Å². The molecule has 0 saturated heterocycles. The first-order chi connectivity index (χ1) is 6.08. The Kier molecular flexibility index (Phi) is 7.99. The van der Waals surface area contributed by atoms with Crippen LogP contribution in [0, 0.1) is 0 Å². The van der Waals surface area contributed by atoms with Gasteiger partial charge in [-0.3, -0.25) is 9.79 Å². The highest BCUT2D eigenvalue weighted by molar-refractivity contribution is 7.46. The van der Waals surface area contributed by atoms with Crippen molar-refractivity contribution in [3.8, 4) is 5.75 Å². The van der Waals surface area contributed by atoms with E-state index in [1.807, 2.05) is 0 Å². The van der Waals surface area contributed by atoms with Crippen molar-refractivity contribution in [3.63, 3.8) is 0 Å². The lowest BCUT2D eigenvalue weighted by atomic mass is 10.3. The monoisotopic (exact) mass is 219 g/mol. The second-order valence-electron chi connectivity index (χ2n) is 1.89. The van der Waals surface area contributed by atoms with E-state index in [1.165, 1.54) is 12.1 Å². The van der Waals surface area contributed by atoms with Crippen LogP contribution in [0.4, 0.5) is 0 Å².